The summed E-state index contributed by atoms with van der Waals surface area (Å²) in [6, 6.07) is 10.4. The first-order valence-electron chi connectivity index (χ1n) is 8.63. The van der Waals surface area contributed by atoms with Gasteiger partial charge in [0.05, 0.1) is 11.5 Å². The van der Waals surface area contributed by atoms with Crippen molar-refractivity contribution in [1.82, 2.24) is 10.3 Å². The van der Waals surface area contributed by atoms with Crippen LogP contribution in [0.3, 0.4) is 0 Å². The van der Waals surface area contributed by atoms with Crippen molar-refractivity contribution in [2.75, 3.05) is 0 Å². The molecule has 2 aromatic rings. The predicted octanol–water partition coefficient (Wildman–Crippen LogP) is 4.30. The molecule has 0 aliphatic heterocycles. The van der Waals surface area contributed by atoms with Gasteiger partial charge in [-0.1, -0.05) is 44.0 Å². The molecule has 0 spiro atoms. The quantitative estimate of drug-likeness (QED) is 0.824. The first kappa shape index (κ1) is 16.6. The third-order valence-corrected chi connectivity index (χ3v) is 4.81. The summed E-state index contributed by atoms with van der Waals surface area (Å²) in [6.07, 6.45) is 7.87. The van der Waals surface area contributed by atoms with Gasteiger partial charge >= 0.3 is 0 Å². The van der Waals surface area contributed by atoms with Crippen LogP contribution < -0.4 is 5.32 Å². The van der Waals surface area contributed by atoms with Gasteiger partial charge in [0.15, 0.2) is 0 Å². The van der Waals surface area contributed by atoms with Crippen molar-refractivity contribution < 1.29 is 9.18 Å². The Labute approximate surface area is 142 Å². The normalized spacial score (nSPS) is 16.4. The molecule has 1 heterocycles. The fraction of sp³-hybridized carbons (Fsp3) is 0.400. The molecule has 0 radical (unpaired) electrons. The molecule has 4 heteroatoms. The number of unbranched alkanes of at least 4 members (excludes halogenated alkanes) is 1. The molecule has 0 bridgehead atoms. The molecule has 1 aliphatic rings. The zero-order valence-corrected chi connectivity index (χ0v) is 14.0. The van der Waals surface area contributed by atoms with Crippen LogP contribution in [0.2, 0.25) is 0 Å². The number of pyridine rings is 1. The van der Waals surface area contributed by atoms with E-state index in [1.807, 2.05) is 12.1 Å². The number of hydrogen-bond donors (Lipinski definition) is 1. The summed E-state index contributed by atoms with van der Waals surface area (Å²) in [5, 5.41) is 3.15. The average molecular weight is 326 g/mol. The highest BCUT2D eigenvalue weighted by molar-refractivity contribution is 5.91. The third-order valence-electron chi connectivity index (χ3n) is 4.81. The summed E-state index contributed by atoms with van der Waals surface area (Å²) < 4.78 is 14.2. The Morgan fingerprint density at radius 2 is 2.08 bits per heavy atom. The Morgan fingerprint density at radius 1 is 1.29 bits per heavy atom. The minimum Gasteiger partial charge on any atom is -0.348 e. The number of amides is 1. The molecule has 1 saturated carbocycles. The minimum atomic E-state index is -0.696. The number of benzene rings is 1. The van der Waals surface area contributed by atoms with Crippen LogP contribution in [0.4, 0.5) is 4.39 Å². The number of aromatic nitrogens is 1. The predicted molar refractivity (Wildman–Crippen MR) is 92.0 cm³/mol. The average Bonchev–Trinajstić information content (AvgIpc) is 3.41. The van der Waals surface area contributed by atoms with E-state index in [9.17, 15) is 9.18 Å². The molecular formula is C20H23FN2O. The second kappa shape index (κ2) is 7.12. The van der Waals surface area contributed by atoms with E-state index in [0.717, 1.165) is 24.8 Å². The highest BCUT2D eigenvalue weighted by atomic mass is 19.1. The van der Waals surface area contributed by atoms with E-state index in [1.165, 1.54) is 6.07 Å². The first-order chi connectivity index (χ1) is 11.7. The Kier molecular flexibility index (Phi) is 4.93. The van der Waals surface area contributed by atoms with E-state index in [2.05, 4.69) is 17.2 Å². The van der Waals surface area contributed by atoms with Crippen LogP contribution >= 0.6 is 0 Å². The third kappa shape index (κ3) is 3.32. The highest BCUT2D eigenvalue weighted by Gasteiger charge is 2.53. The minimum absolute atomic E-state index is 0.0717. The topological polar surface area (TPSA) is 42.0 Å². The van der Waals surface area contributed by atoms with Gasteiger partial charge in [0.25, 0.3) is 0 Å². The van der Waals surface area contributed by atoms with Gasteiger partial charge in [-0.05, 0) is 37.0 Å². The maximum Gasteiger partial charge on any atom is 0.231 e. The van der Waals surface area contributed by atoms with Gasteiger partial charge in [-0.2, -0.15) is 0 Å². The Bertz CT molecular complexity index is 698. The summed E-state index contributed by atoms with van der Waals surface area (Å²) in [4.78, 5) is 17.1. The van der Waals surface area contributed by atoms with Crippen LogP contribution in [0.1, 0.15) is 56.2 Å². The lowest BCUT2D eigenvalue weighted by Crippen LogP contribution is -2.38. The molecular weight excluding hydrogens is 303 g/mol. The number of nitrogens with one attached hydrogen (secondary N) is 1. The van der Waals surface area contributed by atoms with Crippen molar-refractivity contribution in [3.63, 3.8) is 0 Å². The molecule has 1 aromatic carbocycles. The fourth-order valence-corrected chi connectivity index (χ4v) is 3.20. The maximum absolute atomic E-state index is 14.2. The van der Waals surface area contributed by atoms with Crippen molar-refractivity contribution >= 4 is 5.91 Å². The van der Waals surface area contributed by atoms with Crippen molar-refractivity contribution in [3.05, 3.63) is 65.7 Å². The summed E-state index contributed by atoms with van der Waals surface area (Å²) in [5.74, 6) is -0.366. The van der Waals surface area contributed by atoms with Gasteiger partial charge in [0.2, 0.25) is 5.91 Å². The largest absolute Gasteiger partial charge is 0.348 e. The number of halogens is 1. The van der Waals surface area contributed by atoms with Crippen molar-refractivity contribution in [2.24, 2.45) is 0 Å². The van der Waals surface area contributed by atoms with Crippen molar-refractivity contribution in [3.8, 4) is 0 Å². The molecule has 1 fully saturated rings. The Hall–Kier alpha value is -2.23. The summed E-state index contributed by atoms with van der Waals surface area (Å²) in [6.45, 7) is 2.13. The number of hydrogen-bond acceptors (Lipinski definition) is 2. The number of nitrogens with zero attached hydrogens (tertiary/aromatic N) is 1. The summed E-state index contributed by atoms with van der Waals surface area (Å²) in [7, 11) is 0. The molecule has 1 aromatic heterocycles. The number of carbonyl (C=O) groups excluding carboxylic acids is 1. The number of carbonyl (C=O) groups is 1. The zero-order chi connectivity index (χ0) is 17.0. The zero-order valence-electron chi connectivity index (χ0n) is 14.0. The van der Waals surface area contributed by atoms with E-state index in [1.54, 1.807) is 30.6 Å². The molecule has 24 heavy (non-hydrogen) atoms. The van der Waals surface area contributed by atoms with Crippen LogP contribution in [0.15, 0.2) is 48.8 Å². The van der Waals surface area contributed by atoms with Gasteiger partial charge in [0.1, 0.15) is 5.82 Å². The van der Waals surface area contributed by atoms with Crippen LogP contribution in [0.25, 0.3) is 0 Å². The lowest BCUT2D eigenvalue weighted by molar-refractivity contribution is -0.124. The second-order valence-corrected chi connectivity index (χ2v) is 6.52. The Morgan fingerprint density at radius 3 is 2.71 bits per heavy atom. The van der Waals surface area contributed by atoms with Crippen LogP contribution in [0.5, 0.6) is 0 Å². The lowest BCUT2D eigenvalue weighted by atomic mass is 9.93. The lowest BCUT2D eigenvalue weighted by Gasteiger charge is -2.23. The molecule has 1 amide bonds. The van der Waals surface area contributed by atoms with Gasteiger partial charge in [-0.25, -0.2) is 4.39 Å². The van der Waals surface area contributed by atoms with Crippen LogP contribution in [-0.2, 0) is 10.2 Å². The summed E-state index contributed by atoms with van der Waals surface area (Å²) in [5.41, 5.74) is 0.824. The molecule has 3 rings (SSSR count). The molecule has 1 N–H and O–H groups in total. The highest BCUT2D eigenvalue weighted by Crippen LogP contribution is 2.49. The second-order valence-electron chi connectivity index (χ2n) is 6.52. The van der Waals surface area contributed by atoms with Gasteiger partial charge < -0.3 is 5.32 Å². The van der Waals surface area contributed by atoms with Crippen molar-refractivity contribution in [1.29, 1.82) is 0 Å². The van der Waals surface area contributed by atoms with Gasteiger partial charge in [0, 0.05) is 18.0 Å². The van der Waals surface area contributed by atoms with E-state index in [-0.39, 0.29) is 17.8 Å². The fourth-order valence-electron chi connectivity index (χ4n) is 3.20. The molecule has 0 saturated heterocycles. The van der Waals surface area contributed by atoms with Gasteiger partial charge in [-0.15, -0.1) is 0 Å². The maximum atomic E-state index is 14.2. The standard InChI is InChI=1S/C20H23FN2O/c1-2-3-10-18(15-7-6-13-22-14-15)23-19(24)20(11-12-20)16-8-4-5-9-17(16)21/h4-9,13-14,18H,2-3,10-12H2,1H3,(H,23,24)/t18-/m1/s1. The molecule has 0 unspecified atom stereocenters. The molecule has 3 nitrogen and oxygen atoms in total. The van der Waals surface area contributed by atoms with Crippen LogP contribution in [-0.4, -0.2) is 10.9 Å². The molecule has 126 valence electrons. The van der Waals surface area contributed by atoms with E-state index >= 15 is 0 Å². The first-order valence-corrected chi connectivity index (χ1v) is 8.63. The van der Waals surface area contributed by atoms with E-state index < -0.39 is 5.41 Å². The van der Waals surface area contributed by atoms with Crippen LogP contribution in [0, 0.1) is 5.82 Å². The van der Waals surface area contributed by atoms with E-state index in [0.29, 0.717) is 18.4 Å². The van der Waals surface area contributed by atoms with Gasteiger partial charge in [-0.3, -0.25) is 9.78 Å². The number of rotatable bonds is 7. The van der Waals surface area contributed by atoms with Crippen molar-refractivity contribution in [2.45, 2.75) is 50.5 Å². The molecule has 1 atom stereocenters. The van der Waals surface area contributed by atoms with E-state index in [4.69, 9.17) is 0 Å². The smallest absolute Gasteiger partial charge is 0.231 e. The SMILES string of the molecule is CCCC[C@@H](NC(=O)C1(c2ccccc2F)CC1)c1cccnc1. The summed E-state index contributed by atoms with van der Waals surface area (Å²) >= 11 is 0. The monoisotopic (exact) mass is 326 g/mol. The Balaban J connectivity index is 1.80. The molecule has 1 aliphatic carbocycles.